The van der Waals surface area contributed by atoms with Crippen LogP contribution in [0.25, 0.3) is 6.08 Å². The highest BCUT2D eigenvalue weighted by Gasteiger charge is 2.25. The summed E-state index contributed by atoms with van der Waals surface area (Å²) >= 11 is 7.19. The maximum Gasteiger partial charge on any atom is 0.286 e. The van der Waals surface area contributed by atoms with Crippen LogP contribution >= 0.6 is 23.4 Å². The summed E-state index contributed by atoms with van der Waals surface area (Å²) < 4.78 is 0. The lowest BCUT2D eigenvalue weighted by Crippen LogP contribution is -2.21. The predicted octanol–water partition coefficient (Wildman–Crippen LogP) is 4.15. The van der Waals surface area contributed by atoms with Gasteiger partial charge in [0.05, 0.1) is 4.91 Å². The molecule has 1 amide bonds. The molecular weight excluding hydrogens is 332 g/mol. The van der Waals surface area contributed by atoms with E-state index < -0.39 is 0 Å². The Hall–Kier alpha value is -2.24. The zero-order valence-electron chi connectivity index (χ0n) is 12.2. The van der Waals surface area contributed by atoms with Gasteiger partial charge in [-0.15, -0.1) is 0 Å². The molecule has 3 rings (SSSR count). The molecule has 0 bridgehead atoms. The summed E-state index contributed by atoms with van der Waals surface area (Å²) in [5.74, 6) is -0.122. The first-order valence-electron chi connectivity index (χ1n) is 6.84. The Bertz CT molecular complexity index is 816. The fourth-order valence-corrected chi connectivity index (χ4v) is 3.10. The van der Waals surface area contributed by atoms with Crippen molar-refractivity contribution >= 4 is 46.2 Å². The van der Waals surface area contributed by atoms with Gasteiger partial charge in [0.2, 0.25) is 0 Å². The SMILES string of the molecule is CN(C1=NC(=O)/C(=C/c2cccc(O)c2)S1)c1ccc(Cl)cc1. The fourth-order valence-electron chi connectivity index (χ4n) is 2.08. The Morgan fingerprint density at radius 1 is 1.22 bits per heavy atom. The van der Waals surface area contributed by atoms with Gasteiger partial charge in [-0.3, -0.25) is 4.79 Å². The third-order valence-corrected chi connectivity index (χ3v) is 4.59. The van der Waals surface area contributed by atoms with Crippen molar-refractivity contribution in [3.8, 4) is 5.75 Å². The smallest absolute Gasteiger partial charge is 0.286 e. The van der Waals surface area contributed by atoms with E-state index in [0.29, 0.717) is 15.1 Å². The second kappa shape index (κ2) is 6.48. The standard InChI is InChI=1S/C17H13ClN2O2S/c1-20(13-7-5-12(18)6-8-13)17-19-16(22)15(23-17)10-11-3-2-4-14(21)9-11/h2-10,21H,1H3/b15-10-. The second-order valence-corrected chi connectivity index (χ2v) is 6.39. The molecule has 0 unspecified atom stereocenters. The minimum Gasteiger partial charge on any atom is -0.508 e. The molecule has 1 N–H and O–H groups in total. The number of carbonyl (C=O) groups excluding carboxylic acids is 1. The van der Waals surface area contributed by atoms with E-state index in [0.717, 1.165) is 11.3 Å². The van der Waals surface area contributed by atoms with Gasteiger partial charge in [-0.25, -0.2) is 0 Å². The van der Waals surface area contributed by atoms with Gasteiger partial charge < -0.3 is 10.0 Å². The first-order chi connectivity index (χ1) is 11.0. The van der Waals surface area contributed by atoms with Crippen LogP contribution in [-0.4, -0.2) is 23.2 Å². The summed E-state index contributed by atoms with van der Waals surface area (Å²) in [4.78, 5) is 18.5. The van der Waals surface area contributed by atoms with E-state index in [1.54, 1.807) is 36.4 Å². The molecule has 0 saturated carbocycles. The molecule has 0 radical (unpaired) electrons. The third kappa shape index (κ3) is 3.57. The molecule has 6 heteroatoms. The van der Waals surface area contributed by atoms with Crippen LogP contribution in [0, 0.1) is 0 Å². The third-order valence-electron chi connectivity index (χ3n) is 3.28. The molecule has 2 aromatic carbocycles. The number of aromatic hydroxyl groups is 1. The summed E-state index contributed by atoms with van der Waals surface area (Å²) in [6.45, 7) is 0. The van der Waals surface area contributed by atoms with Crippen molar-refractivity contribution in [1.29, 1.82) is 0 Å². The number of rotatable bonds is 2. The Morgan fingerprint density at radius 3 is 2.65 bits per heavy atom. The number of nitrogens with zero attached hydrogens (tertiary/aromatic N) is 2. The average molecular weight is 345 g/mol. The molecule has 1 aliphatic rings. The quantitative estimate of drug-likeness (QED) is 0.831. The molecule has 1 aliphatic heterocycles. The van der Waals surface area contributed by atoms with Gasteiger partial charge >= 0.3 is 0 Å². The molecule has 0 atom stereocenters. The highest BCUT2D eigenvalue weighted by atomic mass is 35.5. The van der Waals surface area contributed by atoms with E-state index in [4.69, 9.17) is 11.6 Å². The molecule has 1 heterocycles. The minimum atomic E-state index is -0.283. The van der Waals surface area contributed by atoms with Crippen LogP contribution in [0.2, 0.25) is 5.02 Å². The van der Waals surface area contributed by atoms with Gasteiger partial charge in [-0.05, 0) is 59.8 Å². The number of halogens is 1. The van der Waals surface area contributed by atoms with Crippen LogP contribution in [0.1, 0.15) is 5.56 Å². The minimum absolute atomic E-state index is 0.161. The molecule has 116 valence electrons. The molecule has 23 heavy (non-hydrogen) atoms. The largest absolute Gasteiger partial charge is 0.508 e. The lowest BCUT2D eigenvalue weighted by Gasteiger charge is -2.17. The van der Waals surface area contributed by atoms with Gasteiger partial charge in [-0.2, -0.15) is 4.99 Å². The highest BCUT2D eigenvalue weighted by molar-refractivity contribution is 8.18. The number of hydrogen-bond acceptors (Lipinski definition) is 4. The fraction of sp³-hybridized carbons (Fsp3) is 0.0588. The number of aliphatic imine (C=N–C) groups is 1. The second-order valence-electron chi connectivity index (χ2n) is 4.94. The van der Waals surface area contributed by atoms with E-state index >= 15 is 0 Å². The van der Waals surface area contributed by atoms with E-state index in [1.165, 1.54) is 11.8 Å². The van der Waals surface area contributed by atoms with E-state index in [-0.39, 0.29) is 11.7 Å². The zero-order chi connectivity index (χ0) is 16.4. The van der Waals surface area contributed by atoms with E-state index in [1.807, 2.05) is 30.1 Å². The van der Waals surface area contributed by atoms with Crippen molar-refractivity contribution in [3.63, 3.8) is 0 Å². The monoisotopic (exact) mass is 344 g/mol. The van der Waals surface area contributed by atoms with Gasteiger partial charge in [0.25, 0.3) is 5.91 Å². The van der Waals surface area contributed by atoms with Crippen LogP contribution in [0.3, 0.4) is 0 Å². The van der Waals surface area contributed by atoms with Crippen molar-refractivity contribution in [3.05, 3.63) is 64.0 Å². The van der Waals surface area contributed by atoms with Crippen molar-refractivity contribution in [1.82, 2.24) is 0 Å². The van der Waals surface area contributed by atoms with Gasteiger partial charge in [0.15, 0.2) is 5.17 Å². The molecule has 4 nitrogen and oxygen atoms in total. The lowest BCUT2D eigenvalue weighted by atomic mass is 10.2. The van der Waals surface area contributed by atoms with Crippen molar-refractivity contribution in [2.45, 2.75) is 0 Å². The van der Waals surface area contributed by atoms with Gasteiger partial charge in [0, 0.05) is 17.8 Å². The number of thioether (sulfide) groups is 1. The Balaban J connectivity index is 1.81. The van der Waals surface area contributed by atoms with Crippen LogP contribution in [0.4, 0.5) is 5.69 Å². The predicted molar refractivity (Wildman–Crippen MR) is 96.0 cm³/mol. The first-order valence-corrected chi connectivity index (χ1v) is 8.03. The van der Waals surface area contributed by atoms with Crippen molar-refractivity contribution < 1.29 is 9.90 Å². The number of phenols is 1. The zero-order valence-corrected chi connectivity index (χ0v) is 13.8. The number of amides is 1. The number of carbonyl (C=O) groups is 1. The normalized spacial score (nSPS) is 15.8. The average Bonchev–Trinajstić information content (AvgIpc) is 2.88. The van der Waals surface area contributed by atoms with E-state index in [9.17, 15) is 9.90 Å². The van der Waals surface area contributed by atoms with Gasteiger partial charge in [0.1, 0.15) is 5.75 Å². The molecule has 0 aromatic heterocycles. The number of anilines is 1. The Labute approximate surface area is 143 Å². The first kappa shape index (κ1) is 15.6. The molecule has 2 aromatic rings. The van der Waals surface area contributed by atoms with Gasteiger partial charge in [-0.1, -0.05) is 23.7 Å². The van der Waals surface area contributed by atoms with Crippen molar-refractivity contribution in [2.24, 2.45) is 4.99 Å². The molecule has 0 aliphatic carbocycles. The topological polar surface area (TPSA) is 52.9 Å². The number of benzene rings is 2. The molecule has 0 fully saturated rings. The summed E-state index contributed by atoms with van der Waals surface area (Å²) in [6.07, 6.45) is 1.72. The molecular formula is C17H13ClN2O2S. The Morgan fingerprint density at radius 2 is 1.96 bits per heavy atom. The Kier molecular flexibility index (Phi) is 4.41. The number of phenolic OH excluding ortho intramolecular Hbond substituents is 1. The summed E-state index contributed by atoms with van der Waals surface area (Å²) in [7, 11) is 1.85. The number of hydrogen-bond donors (Lipinski definition) is 1. The van der Waals surface area contributed by atoms with Crippen LogP contribution in [0.5, 0.6) is 5.75 Å². The van der Waals surface area contributed by atoms with Crippen LogP contribution in [-0.2, 0) is 4.79 Å². The van der Waals surface area contributed by atoms with E-state index in [2.05, 4.69) is 4.99 Å². The summed E-state index contributed by atoms with van der Waals surface area (Å²) in [6, 6.07) is 14.1. The maximum absolute atomic E-state index is 12.1. The van der Waals surface area contributed by atoms with Crippen molar-refractivity contribution in [2.75, 3.05) is 11.9 Å². The maximum atomic E-state index is 12.1. The number of amidine groups is 1. The summed E-state index contributed by atoms with van der Waals surface area (Å²) in [5.41, 5.74) is 1.65. The highest BCUT2D eigenvalue weighted by Crippen LogP contribution is 2.32. The van der Waals surface area contributed by atoms with Crippen LogP contribution in [0.15, 0.2) is 58.4 Å². The molecule has 0 spiro atoms. The summed E-state index contributed by atoms with van der Waals surface area (Å²) in [5, 5.41) is 10.8. The van der Waals surface area contributed by atoms with Crippen LogP contribution < -0.4 is 4.90 Å². The molecule has 0 saturated heterocycles. The lowest BCUT2D eigenvalue weighted by molar-refractivity contribution is -0.113.